The van der Waals surface area contributed by atoms with Crippen molar-refractivity contribution >= 4 is 16.7 Å². The molecule has 20 heavy (non-hydrogen) atoms. The Morgan fingerprint density at radius 3 is 2.75 bits per heavy atom. The Kier molecular flexibility index (Phi) is 3.74. The zero-order valence-electron chi connectivity index (χ0n) is 11.5. The number of hydrogen-bond acceptors (Lipinski definition) is 4. The highest BCUT2D eigenvalue weighted by Crippen LogP contribution is 2.24. The molecular weight excluding hydrogens is 252 g/mol. The lowest BCUT2D eigenvalue weighted by Crippen LogP contribution is -2.29. The van der Waals surface area contributed by atoms with Crippen LogP contribution in [-0.4, -0.2) is 12.6 Å². The first kappa shape index (κ1) is 13.2. The van der Waals surface area contributed by atoms with Gasteiger partial charge in [-0.3, -0.25) is 0 Å². The molecule has 0 aliphatic heterocycles. The molecule has 1 heterocycles. The molecule has 106 valence electrons. The normalized spacial score (nSPS) is 22.9. The van der Waals surface area contributed by atoms with Gasteiger partial charge in [-0.25, -0.2) is 4.79 Å². The van der Waals surface area contributed by atoms with Gasteiger partial charge in [-0.2, -0.15) is 0 Å². The van der Waals surface area contributed by atoms with Gasteiger partial charge in [0.2, 0.25) is 0 Å². The van der Waals surface area contributed by atoms with E-state index in [0.717, 1.165) is 30.5 Å². The van der Waals surface area contributed by atoms with Crippen LogP contribution in [0.3, 0.4) is 0 Å². The Hall–Kier alpha value is -1.81. The summed E-state index contributed by atoms with van der Waals surface area (Å²) < 4.78 is 5.13. The van der Waals surface area contributed by atoms with E-state index in [0.29, 0.717) is 17.5 Å². The third kappa shape index (κ3) is 3.02. The van der Waals surface area contributed by atoms with E-state index >= 15 is 0 Å². The first-order valence-corrected chi connectivity index (χ1v) is 7.24. The lowest BCUT2D eigenvalue weighted by atomic mass is 9.86. The maximum Gasteiger partial charge on any atom is 0.336 e. The van der Waals surface area contributed by atoms with E-state index in [1.165, 1.54) is 18.9 Å². The van der Waals surface area contributed by atoms with Crippen LogP contribution in [0.1, 0.15) is 25.7 Å². The molecular formula is C16H20N2O2. The Morgan fingerprint density at radius 1 is 1.15 bits per heavy atom. The molecule has 4 heteroatoms. The second kappa shape index (κ2) is 5.67. The third-order valence-corrected chi connectivity index (χ3v) is 4.11. The predicted octanol–water partition coefficient (Wildman–Crippen LogP) is 2.72. The summed E-state index contributed by atoms with van der Waals surface area (Å²) in [5.74, 6) is 0.708. The van der Waals surface area contributed by atoms with Crippen LogP contribution in [0, 0.1) is 5.92 Å². The van der Waals surface area contributed by atoms with Gasteiger partial charge in [-0.1, -0.05) is 0 Å². The van der Waals surface area contributed by atoms with Crippen LogP contribution in [-0.2, 0) is 0 Å². The first-order chi connectivity index (χ1) is 9.70. The average molecular weight is 272 g/mol. The number of benzene rings is 1. The zero-order valence-corrected chi connectivity index (χ0v) is 11.5. The number of fused-ring (bicyclic) bond motifs is 1. The monoisotopic (exact) mass is 272 g/mol. The van der Waals surface area contributed by atoms with Crippen LogP contribution in [0.25, 0.3) is 11.0 Å². The molecule has 3 N–H and O–H groups in total. The molecule has 0 bridgehead atoms. The van der Waals surface area contributed by atoms with Crippen molar-refractivity contribution in [3.8, 4) is 0 Å². The van der Waals surface area contributed by atoms with Crippen LogP contribution in [0.4, 0.5) is 5.69 Å². The molecule has 2 aromatic rings. The summed E-state index contributed by atoms with van der Waals surface area (Å²) in [6.07, 6.45) is 4.68. The molecule has 0 unspecified atom stereocenters. The van der Waals surface area contributed by atoms with Crippen molar-refractivity contribution in [1.29, 1.82) is 0 Å². The van der Waals surface area contributed by atoms with Crippen molar-refractivity contribution in [1.82, 2.24) is 0 Å². The van der Waals surface area contributed by atoms with E-state index in [1.54, 1.807) is 6.07 Å². The van der Waals surface area contributed by atoms with E-state index in [2.05, 4.69) is 5.32 Å². The molecule has 0 atom stereocenters. The summed E-state index contributed by atoms with van der Waals surface area (Å²) in [5.41, 5.74) is 7.32. The molecule has 1 aliphatic carbocycles. The van der Waals surface area contributed by atoms with Gasteiger partial charge in [0.05, 0.1) is 0 Å². The Labute approximate surface area is 118 Å². The zero-order chi connectivity index (χ0) is 13.9. The number of nitrogens with one attached hydrogen (secondary N) is 1. The van der Waals surface area contributed by atoms with Crippen LogP contribution < -0.4 is 16.7 Å². The minimum Gasteiger partial charge on any atom is -0.423 e. The standard InChI is InChI=1S/C16H20N2O2/c17-13-4-1-11(2-5-13)10-18-14-6-7-15-12(9-14)3-8-16(19)20-15/h3,6-9,11,13,18H,1-2,4-5,10,17H2. The average Bonchev–Trinajstić information content (AvgIpc) is 2.46. The minimum atomic E-state index is -0.309. The van der Waals surface area contributed by atoms with Crippen molar-refractivity contribution in [2.45, 2.75) is 31.7 Å². The van der Waals surface area contributed by atoms with Gasteiger partial charge in [0.25, 0.3) is 0 Å². The minimum absolute atomic E-state index is 0.309. The molecule has 0 saturated heterocycles. The summed E-state index contributed by atoms with van der Waals surface area (Å²) in [7, 11) is 0. The number of rotatable bonds is 3. The second-order valence-corrected chi connectivity index (χ2v) is 5.67. The highest BCUT2D eigenvalue weighted by atomic mass is 16.4. The molecule has 0 amide bonds. The topological polar surface area (TPSA) is 68.3 Å². The molecule has 1 saturated carbocycles. The highest BCUT2D eigenvalue weighted by Gasteiger charge is 2.18. The number of nitrogens with two attached hydrogens (primary N) is 1. The van der Waals surface area contributed by atoms with Gasteiger partial charge >= 0.3 is 5.63 Å². The van der Waals surface area contributed by atoms with E-state index in [4.69, 9.17) is 10.2 Å². The number of anilines is 1. The maximum atomic E-state index is 11.1. The quantitative estimate of drug-likeness (QED) is 0.843. The van der Waals surface area contributed by atoms with Crippen LogP contribution >= 0.6 is 0 Å². The molecule has 3 rings (SSSR count). The molecule has 1 aromatic heterocycles. The largest absolute Gasteiger partial charge is 0.423 e. The van der Waals surface area contributed by atoms with Gasteiger partial charge < -0.3 is 15.5 Å². The summed E-state index contributed by atoms with van der Waals surface area (Å²) in [4.78, 5) is 11.1. The van der Waals surface area contributed by atoms with Gasteiger partial charge in [0.15, 0.2) is 0 Å². The molecule has 0 radical (unpaired) electrons. The Morgan fingerprint density at radius 2 is 1.95 bits per heavy atom. The van der Waals surface area contributed by atoms with E-state index in [1.807, 2.05) is 18.2 Å². The lowest BCUT2D eigenvalue weighted by molar-refractivity contribution is 0.339. The van der Waals surface area contributed by atoms with E-state index in [-0.39, 0.29) is 5.63 Å². The second-order valence-electron chi connectivity index (χ2n) is 5.67. The summed E-state index contributed by atoms with van der Waals surface area (Å²) in [6, 6.07) is 9.47. The summed E-state index contributed by atoms with van der Waals surface area (Å²) in [6.45, 7) is 0.981. The third-order valence-electron chi connectivity index (χ3n) is 4.11. The fourth-order valence-electron chi connectivity index (χ4n) is 2.84. The SMILES string of the molecule is NC1CCC(CNc2ccc3oc(=O)ccc3c2)CC1. The highest BCUT2D eigenvalue weighted by molar-refractivity contribution is 5.80. The van der Waals surface area contributed by atoms with Crippen molar-refractivity contribution in [2.75, 3.05) is 11.9 Å². The van der Waals surface area contributed by atoms with E-state index < -0.39 is 0 Å². The maximum absolute atomic E-state index is 11.1. The smallest absolute Gasteiger partial charge is 0.336 e. The van der Waals surface area contributed by atoms with Crippen molar-refractivity contribution in [3.63, 3.8) is 0 Å². The molecule has 1 aliphatic rings. The lowest BCUT2D eigenvalue weighted by Gasteiger charge is -2.26. The van der Waals surface area contributed by atoms with Gasteiger partial charge in [-0.15, -0.1) is 0 Å². The van der Waals surface area contributed by atoms with Gasteiger partial charge in [0, 0.05) is 29.7 Å². The van der Waals surface area contributed by atoms with Crippen molar-refractivity contribution in [2.24, 2.45) is 11.7 Å². The molecule has 0 spiro atoms. The fraction of sp³-hybridized carbons (Fsp3) is 0.438. The molecule has 1 fully saturated rings. The first-order valence-electron chi connectivity index (χ1n) is 7.24. The van der Waals surface area contributed by atoms with Crippen LogP contribution in [0.5, 0.6) is 0 Å². The molecule has 1 aromatic carbocycles. The molecule has 4 nitrogen and oxygen atoms in total. The van der Waals surface area contributed by atoms with Gasteiger partial charge in [0.1, 0.15) is 5.58 Å². The van der Waals surface area contributed by atoms with Crippen LogP contribution in [0.15, 0.2) is 39.5 Å². The predicted molar refractivity (Wildman–Crippen MR) is 80.9 cm³/mol. The summed E-state index contributed by atoms with van der Waals surface area (Å²) >= 11 is 0. The number of hydrogen-bond donors (Lipinski definition) is 2. The van der Waals surface area contributed by atoms with Crippen molar-refractivity contribution in [3.05, 3.63) is 40.8 Å². The fourth-order valence-corrected chi connectivity index (χ4v) is 2.84. The van der Waals surface area contributed by atoms with Crippen molar-refractivity contribution < 1.29 is 4.42 Å². The Bertz CT molecular complexity index is 642. The van der Waals surface area contributed by atoms with Gasteiger partial charge in [-0.05, 0) is 55.9 Å². The van der Waals surface area contributed by atoms with E-state index in [9.17, 15) is 4.79 Å². The van der Waals surface area contributed by atoms with Crippen LogP contribution in [0.2, 0.25) is 0 Å². The summed E-state index contributed by atoms with van der Waals surface area (Å²) in [5, 5.41) is 4.42. The Balaban J connectivity index is 1.65.